The zero-order valence-corrected chi connectivity index (χ0v) is 12.3. The van der Waals surface area contributed by atoms with Crippen LogP contribution in [0.5, 0.6) is 0 Å². The smallest absolute Gasteiger partial charge is 0.358 e. The molecule has 1 aromatic heterocycles. The minimum atomic E-state index is -0.578. The van der Waals surface area contributed by atoms with Gasteiger partial charge in [-0.25, -0.2) is 14.2 Å². The molecule has 0 amide bonds. The number of nitrogens with one attached hydrogen (secondary N) is 1. The SMILES string of the molecule is CCOC(=O)c1nc(Nc2ccc(F)c(C#N)c2)sc1C. The maximum atomic E-state index is 13.2. The first-order valence-corrected chi connectivity index (χ1v) is 6.98. The van der Waals surface area contributed by atoms with Gasteiger partial charge in [-0.15, -0.1) is 11.3 Å². The molecular formula is C14H12FN3O2S. The normalized spacial score (nSPS) is 10.0. The molecule has 1 heterocycles. The van der Waals surface area contributed by atoms with Crippen LogP contribution in [0.2, 0.25) is 0 Å². The predicted molar refractivity (Wildman–Crippen MR) is 77.2 cm³/mol. The Morgan fingerprint density at radius 3 is 3.00 bits per heavy atom. The Balaban J connectivity index is 2.23. The maximum absolute atomic E-state index is 13.2. The molecule has 7 heteroatoms. The second-order valence-electron chi connectivity index (χ2n) is 4.08. The zero-order chi connectivity index (χ0) is 15.4. The van der Waals surface area contributed by atoms with Crippen molar-refractivity contribution >= 4 is 28.1 Å². The van der Waals surface area contributed by atoms with Gasteiger partial charge in [-0.3, -0.25) is 0 Å². The summed E-state index contributed by atoms with van der Waals surface area (Å²) in [4.78, 5) is 16.6. The molecule has 0 bridgehead atoms. The monoisotopic (exact) mass is 305 g/mol. The number of anilines is 2. The van der Waals surface area contributed by atoms with E-state index in [0.29, 0.717) is 10.8 Å². The summed E-state index contributed by atoms with van der Waals surface area (Å²) >= 11 is 1.28. The molecule has 0 spiro atoms. The average molecular weight is 305 g/mol. The van der Waals surface area contributed by atoms with Gasteiger partial charge in [0.25, 0.3) is 0 Å². The Morgan fingerprint density at radius 1 is 1.57 bits per heavy atom. The van der Waals surface area contributed by atoms with Crippen molar-refractivity contribution in [2.45, 2.75) is 13.8 Å². The molecule has 0 aliphatic heterocycles. The quantitative estimate of drug-likeness (QED) is 0.876. The number of halogens is 1. The summed E-state index contributed by atoms with van der Waals surface area (Å²) in [5, 5.41) is 12.2. The number of aromatic nitrogens is 1. The Hall–Kier alpha value is -2.46. The number of hydrogen-bond acceptors (Lipinski definition) is 6. The molecule has 0 atom stereocenters. The van der Waals surface area contributed by atoms with Crippen LogP contribution in [-0.4, -0.2) is 17.6 Å². The van der Waals surface area contributed by atoms with Gasteiger partial charge >= 0.3 is 5.97 Å². The number of carbonyl (C=O) groups excluding carboxylic acids is 1. The van der Waals surface area contributed by atoms with Gasteiger partial charge in [0.2, 0.25) is 0 Å². The van der Waals surface area contributed by atoms with E-state index in [4.69, 9.17) is 10.00 Å². The fraction of sp³-hybridized carbons (Fsp3) is 0.214. The summed E-state index contributed by atoms with van der Waals surface area (Å²) in [5.74, 6) is -1.05. The molecule has 0 aliphatic carbocycles. The van der Waals surface area contributed by atoms with Crippen molar-refractivity contribution in [3.05, 3.63) is 40.2 Å². The first kappa shape index (κ1) is 14.9. The van der Waals surface area contributed by atoms with Gasteiger partial charge in [-0.05, 0) is 32.0 Å². The Bertz CT molecular complexity index is 721. The Morgan fingerprint density at radius 2 is 2.33 bits per heavy atom. The molecule has 0 unspecified atom stereocenters. The molecule has 0 saturated carbocycles. The second kappa shape index (κ2) is 6.33. The van der Waals surface area contributed by atoms with E-state index in [1.165, 1.54) is 29.5 Å². The topological polar surface area (TPSA) is 75.0 Å². The lowest BCUT2D eigenvalue weighted by Gasteiger charge is -2.03. The highest BCUT2D eigenvalue weighted by Crippen LogP contribution is 2.26. The molecule has 0 saturated heterocycles. The molecule has 5 nitrogen and oxygen atoms in total. The van der Waals surface area contributed by atoms with Crippen molar-refractivity contribution in [3.8, 4) is 6.07 Å². The number of nitrogens with zero attached hydrogens (tertiary/aromatic N) is 2. The number of aryl methyl sites for hydroxylation is 1. The number of thiazole rings is 1. The van der Waals surface area contributed by atoms with Crippen molar-refractivity contribution in [3.63, 3.8) is 0 Å². The largest absolute Gasteiger partial charge is 0.461 e. The van der Waals surface area contributed by atoms with Crippen LogP contribution in [0.15, 0.2) is 18.2 Å². The third-order valence-electron chi connectivity index (χ3n) is 2.60. The second-order valence-corrected chi connectivity index (χ2v) is 5.28. The van der Waals surface area contributed by atoms with E-state index in [9.17, 15) is 9.18 Å². The van der Waals surface area contributed by atoms with Crippen LogP contribution in [0.25, 0.3) is 0 Å². The van der Waals surface area contributed by atoms with E-state index in [1.807, 2.05) is 0 Å². The summed E-state index contributed by atoms with van der Waals surface area (Å²) in [5.41, 5.74) is 0.725. The van der Waals surface area contributed by atoms with Crippen LogP contribution in [0.3, 0.4) is 0 Å². The molecule has 0 aliphatic rings. The standard InChI is InChI=1S/C14H12FN3O2S/c1-3-20-13(19)12-8(2)21-14(18-12)17-10-4-5-11(15)9(6-10)7-16/h4-6H,3H2,1-2H3,(H,17,18). The highest BCUT2D eigenvalue weighted by atomic mass is 32.1. The average Bonchev–Trinajstić information content (AvgIpc) is 2.82. The molecular weight excluding hydrogens is 293 g/mol. The minimum Gasteiger partial charge on any atom is -0.461 e. The van der Waals surface area contributed by atoms with E-state index in [1.54, 1.807) is 19.9 Å². The van der Waals surface area contributed by atoms with Gasteiger partial charge < -0.3 is 10.1 Å². The van der Waals surface area contributed by atoms with Crippen LogP contribution < -0.4 is 5.32 Å². The number of rotatable bonds is 4. The third kappa shape index (κ3) is 3.35. The van der Waals surface area contributed by atoms with E-state index in [0.717, 1.165) is 4.88 Å². The molecule has 21 heavy (non-hydrogen) atoms. The van der Waals surface area contributed by atoms with Gasteiger partial charge in [-0.2, -0.15) is 5.26 Å². The number of carbonyl (C=O) groups is 1. The molecule has 0 radical (unpaired) electrons. The van der Waals surface area contributed by atoms with E-state index < -0.39 is 11.8 Å². The summed E-state index contributed by atoms with van der Waals surface area (Å²) in [6, 6.07) is 5.85. The predicted octanol–water partition coefficient (Wildman–Crippen LogP) is 3.38. The first-order valence-electron chi connectivity index (χ1n) is 6.16. The van der Waals surface area contributed by atoms with Gasteiger partial charge in [0.15, 0.2) is 10.8 Å². The van der Waals surface area contributed by atoms with Crippen molar-refractivity contribution in [2.24, 2.45) is 0 Å². The molecule has 1 N–H and O–H groups in total. The van der Waals surface area contributed by atoms with Crippen LogP contribution in [-0.2, 0) is 4.74 Å². The van der Waals surface area contributed by atoms with Crippen LogP contribution >= 0.6 is 11.3 Å². The number of esters is 1. The van der Waals surface area contributed by atoms with Crippen molar-refractivity contribution in [1.82, 2.24) is 4.98 Å². The number of nitriles is 1. The fourth-order valence-electron chi connectivity index (χ4n) is 1.65. The van der Waals surface area contributed by atoms with Crippen molar-refractivity contribution < 1.29 is 13.9 Å². The summed E-state index contributed by atoms with van der Waals surface area (Å²) in [6.45, 7) is 3.77. The zero-order valence-electron chi connectivity index (χ0n) is 11.4. The van der Waals surface area contributed by atoms with E-state index >= 15 is 0 Å². The van der Waals surface area contributed by atoms with Crippen molar-refractivity contribution in [2.75, 3.05) is 11.9 Å². The number of benzene rings is 1. The molecule has 108 valence electrons. The maximum Gasteiger partial charge on any atom is 0.358 e. The number of hydrogen-bond donors (Lipinski definition) is 1. The lowest BCUT2D eigenvalue weighted by Crippen LogP contribution is -2.06. The van der Waals surface area contributed by atoms with Gasteiger partial charge in [0.1, 0.15) is 11.9 Å². The highest BCUT2D eigenvalue weighted by molar-refractivity contribution is 7.15. The van der Waals surface area contributed by atoms with Crippen molar-refractivity contribution in [1.29, 1.82) is 5.26 Å². The Kier molecular flexibility index (Phi) is 4.50. The summed E-state index contributed by atoms with van der Waals surface area (Å²) in [6.07, 6.45) is 0. The van der Waals surface area contributed by atoms with E-state index in [-0.39, 0.29) is 17.9 Å². The Labute approximate surface area is 125 Å². The third-order valence-corrected chi connectivity index (χ3v) is 3.49. The molecule has 2 aromatic rings. The lowest BCUT2D eigenvalue weighted by molar-refractivity contribution is 0.0519. The number of ether oxygens (including phenoxy) is 1. The molecule has 2 rings (SSSR count). The summed E-state index contributed by atoms with van der Waals surface area (Å²) in [7, 11) is 0. The van der Waals surface area contributed by atoms with Gasteiger partial charge in [0, 0.05) is 10.6 Å². The van der Waals surface area contributed by atoms with Gasteiger partial charge in [-0.1, -0.05) is 0 Å². The minimum absolute atomic E-state index is 0.0566. The first-order chi connectivity index (χ1) is 10.0. The van der Waals surface area contributed by atoms with Crippen LogP contribution in [0, 0.1) is 24.1 Å². The van der Waals surface area contributed by atoms with E-state index in [2.05, 4.69) is 10.3 Å². The van der Waals surface area contributed by atoms with Gasteiger partial charge in [0.05, 0.1) is 12.2 Å². The van der Waals surface area contributed by atoms with Crippen LogP contribution in [0.4, 0.5) is 15.2 Å². The van der Waals surface area contributed by atoms with Crippen LogP contribution in [0.1, 0.15) is 27.9 Å². The fourth-order valence-corrected chi connectivity index (χ4v) is 2.47. The highest BCUT2D eigenvalue weighted by Gasteiger charge is 2.16. The lowest BCUT2D eigenvalue weighted by atomic mass is 10.2. The molecule has 0 fully saturated rings. The summed E-state index contributed by atoms with van der Waals surface area (Å²) < 4.78 is 18.2. The molecule has 1 aromatic carbocycles.